The van der Waals surface area contributed by atoms with Crippen molar-refractivity contribution < 1.29 is 14.3 Å². The van der Waals surface area contributed by atoms with Gasteiger partial charge in [0.2, 0.25) is 11.8 Å². The number of hydrogen-bond acceptors (Lipinski definition) is 4. The van der Waals surface area contributed by atoms with Gasteiger partial charge in [-0.2, -0.15) is 0 Å². The predicted molar refractivity (Wildman–Crippen MR) is 107 cm³/mol. The highest BCUT2D eigenvalue weighted by Crippen LogP contribution is 2.48. The number of carbonyl (C=O) groups excluding carboxylic acids is 2. The second kappa shape index (κ2) is 7.64. The largest absolute Gasteiger partial charge is 0.457 e. The highest BCUT2D eigenvalue weighted by molar-refractivity contribution is 6.13. The first-order valence-electron chi connectivity index (χ1n) is 9.69. The molecule has 1 heterocycles. The molecule has 0 bridgehead atoms. The summed E-state index contributed by atoms with van der Waals surface area (Å²) >= 11 is 0. The smallest absolute Gasteiger partial charge is 0.240 e. The number of rotatable bonds is 5. The van der Waals surface area contributed by atoms with Crippen molar-refractivity contribution in [3.63, 3.8) is 0 Å². The van der Waals surface area contributed by atoms with Crippen molar-refractivity contribution in [2.45, 2.75) is 12.8 Å². The SMILES string of the molecule is CN1CCN(C(=O)C2(C(=O)Nc3ccc(Oc4ccccc4)cc3)CC2)CC1. The van der Waals surface area contributed by atoms with E-state index >= 15 is 0 Å². The molecular weight excluding hydrogens is 354 g/mol. The quantitative estimate of drug-likeness (QED) is 0.812. The predicted octanol–water partition coefficient (Wildman–Crippen LogP) is 2.97. The number of anilines is 1. The molecule has 2 aliphatic rings. The maximum atomic E-state index is 12.9. The van der Waals surface area contributed by atoms with Crippen LogP contribution in [0.4, 0.5) is 5.69 Å². The van der Waals surface area contributed by atoms with Gasteiger partial charge in [-0.15, -0.1) is 0 Å². The molecule has 28 heavy (non-hydrogen) atoms. The zero-order chi connectivity index (χ0) is 19.6. The monoisotopic (exact) mass is 379 g/mol. The number of piperazine rings is 1. The van der Waals surface area contributed by atoms with Gasteiger partial charge in [0.25, 0.3) is 0 Å². The normalized spacial score (nSPS) is 18.4. The fourth-order valence-electron chi connectivity index (χ4n) is 3.46. The number of ether oxygens (including phenoxy) is 1. The van der Waals surface area contributed by atoms with Gasteiger partial charge in [-0.25, -0.2) is 0 Å². The molecule has 6 heteroatoms. The fourth-order valence-corrected chi connectivity index (χ4v) is 3.46. The molecule has 0 atom stereocenters. The number of nitrogens with zero attached hydrogens (tertiary/aromatic N) is 2. The summed E-state index contributed by atoms with van der Waals surface area (Å²) in [6, 6.07) is 16.7. The zero-order valence-corrected chi connectivity index (χ0v) is 16.1. The molecule has 6 nitrogen and oxygen atoms in total. The van der Waals surface area contributed by atoms with Crippen LogP contribution in [0.5, 0.6) is 11.5 Å². The van der Waals surface area contributed by atoms with Crippen LogP contribution in [-0.2, 0) is 9.59 Å². The van der Waals surface area contributed by atoms with Crippen molar-refractivity contribution in [1.82, 2.24) is 9.80 Å². The lowest BCUT2D eigenvalue weighted by Crippen LogP contribution is -2.51. The van der Waals surface area contributed by atoms with E-state index in [2.05, 4.69) is 10.2 Å². The Morgan fingerprint density at radius 3 is 2.11 bits per heavy atom. The van der Waals surface area contributed by atoms with E-state index in [1.807, 2.05) is 54.4 Å². The molecule has 2 fully saturated rings. The highest BCUT2D eigenvalue weighted by Gasteiger charge is 2.58. The van der Waals surface area contributed by atoms with E-state index in [1.165, 1.54) is 0 Å². The summed E-state index contributed by atoms with van der Waals surface area (Å²) in [6.07, 6.45) is 1.25. The van der Waals surface area contributed by atoms with Gasteiger partial charge < -0.3 is 19.9 Å². The van der Waals surface area contributed by atoms with Gasteiger partial charge in [-0.05, 0) is 56.3 Å². The van der Waals surface area contributed by atoms with Gasteiger partial charge in [0.15, 0.2) is 0 Å². The van der Waals surface area contributed by atoms with Gasteiger partial charge in [0.1, 0.15) is 16.9 Å². The first-order chi connectivity index (χ1) is 13.6. The van der Waals surface area contributed by atoms with Crippen molar-refractivity contribution in [3.05, 3.63) is 54.6 Å². The van der Waals surface area contributed by atoms with Gasteiger partial charge in [-0.1, -0.05) is 18.2 Å². The van der Waals surface area contributed by atoms with Crippen LogP contribution in [0.2, 0.25) is 0 Å². The van der Waals surface area contributed by atoms with Crippen molar-refractivity contribution in [3.8, 4) is 11.5 Å². The number of carbonyl (C=O) groups is 2. The average Bonchev–Trinajstić information content (AvgIpc) is 3.52. The third kappa shape index (κ3) is 3.87. The van der Waals surface area contributed by atoms with Crippen LogP contribution in [0.25, 0.3) is 0 Å². The average molecular weight is 379 g/mol. The van der Waals surface area contributed by atoms with E-state index in [0.29, 0.717) is 37.4 Å². The van der Waals surface area contributed by atoms with Gasteiger partial charge in [-0.3, -0.25) is 9.59 Å². The molecule has 0 spiro atoms. The lowest BCUT2D eigenvalue weighted by molar-refractivity contribution is -0.143. The number of likely N-dealkylation sites (N-methyl/N-ethyl adjacent to an activating group) is 1. The minimum absolute atomic E-state index is 0.0258. The highest BCUT2D eigenvalue weighted by atomic mass is 16.5. The molecule has 1 aliphatic heterocycles. The van der Waals surface area contributed by atoms with Gasteiger partial charge >= 0.3 is 0 Å². The second-order valence-corrected chi connectivity index (χ2v) is 7.57. The molecule has 0 radical (unpaired) electrons. The summed E-state index contributed by atoms with van der Waals surface area (Å²) in [6.45, 7) is 3.09. The van der Waals surface area contributed by atoms with Gasteiger partial charge in [0.05, 0.1) is 0 Å². The van der Waals surface area contributed by atoms with Crippen LogP contribution in [0, 0.1) is 5.41 Å². The molecule has 146 valence electrons. The Hall–Kier alpha value is -2.86. The first-order valence-corrected chi connectivity index (χ1v) is 9.69. The Balaban J connectivity index is 1.37. The third-order valence-electron chi connectivity index (χ3n) is 5.48. The van der Waals surface area contributed by atoms with E-state index in [4.69, 9.17) is 4.74 Å². The molecule has 1 N–H and O–H groups in total. The maximum Gasteiger partial charge on any atom is 0.240 e. The minimum Gasteiger partial charge on any atom is -0.457 e. The summed E-state index contributed by atoms with van der Waals surface area (Å²) in [5.41, 5.74) is -0.211. The fraction of sp³-hybridized carbons (Fsp3) is 0.364. The van der Waals surface area contributed by atoms with Crippen LogP contribution in [0.1, 0.15) is 12.8 Å². The first kappa shape index (κ1) is 18.5. The molecule has 1 saturated heterocycles. The van der Waals surface area contributed by atoms with Crippen LogP contribution >= 0.6 is 0 Å². The molecular formula is C22H25N3O3. The number of nitrogens with one attached hydrogen (secondary N) is 1. The van der Waals surface area contributed by atoms with Crippen molar-refractivity contribution in [2.24, 2.45) is 5.41 Å². The topological polar surface area (TPSA) is 61.9 Å². The van der Waals surface area contributed by atoms with E-state index in [1.54, 1.807) is 12.1 Å². The molecule has 0 aromatic heterocycles. The van der Waals surface area contributed by atoms with Crippen LogP contribution in [0.3, 0.4) is 0 Å². The van der Waals surface area contributed by atoms with Gasteiger partial charge in [0, 0.05) is 31.9 Å². The molecule has 4 rings (SSSR count). The number of para-hydroxylation sites is 1. The Morgan fingerprint density at radius 1 is 0.893 bits per heavy atom. The maximum absolute atomic E-state index is 12.9. The summed E-state index contributed by atoms with van der Waals surface area (Å²) in [5.74, 6) is 1.23. The van der Waals surface area contributed by atoms with Crippen LogP contribution < -0.4 is 10.1 Å². The second-order valence-electron chi connectivity index (χ2n) is 7.57. The lowest BCUT2D eigenvalue weighted by atomic mass is 10.0. The van der Waals surface area contributed by atoms with Crippen molar-refractivity contribution in [1.29, 1.82) is 0 Å². The molecule has 2 amide bonds. The van der Waals surface area contributed by atoms with Crippen LogP contribution in [0.15, 0.2) is 54.6 Å². The Bertz CT molecular complexity index is 839. The van der Waals surface area contributed by atoms with E-state index < -0.39 is 5.41 Å². The molecule has 0 unspecified atom stereocenters. The summed E-state index contributed by atoms with van der Waals surface area (Å²) in [7, 11) is 2.05. The Kier molecular flexibility index (Phi) is 5.05. The van der Waals surface area contributed by atoms with Crippen molar-refractivity contribution in [2.75, 3.05) is 38.5 Å². The Morgan fingerprint density at radius 2 is 1.50 bits per heavy atom. The molecule has 2 aromatic rings. The van der Waals surface area contributed by atoms with E-state index in [9.17, 15) is 9.59 Å². The summed E-state index contributed by atoms with van der Waals surface area (Å²) in [5, 5.41) is 2.91. The molecule has 2 aromatic carbocycles. The van der Waals surface area contributed by atoms with Crippen LogP contribution in [-0.4, -0.2) is 54.8 Å². The molecule has 1 aliphatic carbocycles. The number of hydrogen-bond donors (Lipinski definition) is 1. The summed E-state index contributed by atoms with van der Waals surface area (Å²) < 4.78 is 5.77. The standard InChI is InChI=1S/C22H25N3O3/c1-24-13-15-25(16-14-24)21(27)22(11-12-22)20(26)23-17-7-9-19(10-8-17)28-18-5-3-2-4-6-18/h2-10H,11-16H2,1H3,(H,23,26). The number of benzene rings is 2. The van der Waals surface area contributed by atoms with E-state index in [-0.39, 0.29) is 11.8 Å². The lowest BCUT2D eigenvalue weighted by Gasteiger charge is -2.34. The summed E-state index contributed by atoms with van der Waals surface area (Å²) in [4.78, 5) is 29.8. The third-order valence-corrected chi connectivity index (χ3v) is 5.48. The Labute approximate surface area is 165 Å². The van der Waals surface area contributed by atoms with E-state index in [0.717, 1.165) is 18.8 Å². The number of amides is 2. The zero-order valence-electron chi connectivity index (χ0n) is 16.1. The molecule has 1 saturated carbocycles. The van der Waals surface area contributed by atoms with Crippen molar-refractivity contribution >= 4 is 17.5 Å². The minimum atomic E-state index is -0.880.